The van der Waals surface area contributed by atoms with Gasteiger partial charge in [0, 0.05) is 11.9 Å². The van der Waals surface area contributed by atoms with Crippen LogP contribution in [0.1, 0.15) is 11.1 Å². The summed E-state index contributed by atoms with van der Waals surface area (Å²) in [6.07, 6.45) is 0. The Morgan fingerprint density at radius 1 is 0.710 bits per heavy atom. The Morgan fingerprint density at radius 3 is 2.19 bits per heavy atom. The minimum absolute atomic E-state index is 0.556. The van der Waals surface area contributed by atoms with E-state index in [0.717, 1.165) is 33.8 Å². The van der Waals surface area contributed by atoms with Gasteiger partial charge in [0.15, 0.2) is 0 Å². The lowest BCUT2D eigenvalue weighted by atomic mass is 10.0. The molecule has 0 saturated heterocycles. The molecular weight excluding hydrogens is 400 g/mol. The van der Waals surface area contributed by atoms with Gasteiger partial charge >= 0.3 is 0 Å². The highest BCUT2D eigenvalue weighted by Gasteiger charge is 2.08. The third kappa shape index (κ3) is 4.60. The number of aromatic nitrogens is 1. The molecule has 1 aromatic heterocycles. The number of benzene rings is 4. The molecule has 0 saturated carbocycles. The van der Waals surface area contributed by atoms with Gasteiger partial charge in [0.05, 0.1) is 4.70 Å². The average Bonchev–Trinajstić information content (AvgIpc) is 3.25. The second-order valence-corrected chi connectivity index (χ2v) is 8.18. The smallest absolute Gasteiger partial charge is 0.147 e. The lowest BCUT2D eigenvalue weighted by Crippen LogP contribution is -2.00. The topological polar surface area (TPSA) is 34.1 Å². The van der Waals surface area contributed by atoms with Gasteiger partial charge in [-0.15, -0.1) is 0 Å². The zero-order chi connectivity index (χ0) is 20.9. The van der Waals surface area contributed by atoms with Crippen LogP contribution in [0, 0.1) is 0 Å². The first-order valence-corrected chi connectivity index (χ1v) is 11.1. The van der Waals surface area contributed by atoms with E-state index in [4.69, 9.17) is 4.74 Å². The van der Waals surface area contributed by atoms with Gasteiger partial charge in [-0.25, -0.2) is 0 Å². The van der Waals surface area contributed by atoms with Gasteiger partial charge in [0.2, 0.25) is 0 Å². The zero-order valence-corrected chi connectivity index (χ0v) is 17.8. The fourth-order valence-corrected chi connectivity index (χ4v) is 4.24. The fourth-order valence-electron chi connectivity index (χ4n) is 3.51. The van der Waals surface area contributed by atoms with E-state index >= 15 is 0 Å². The summed E-state index contributed by atoms with van der Waals surface area (Å²) in [5, 5.41) is 4.58. The summed E-state index contributed by atoms with van der Waals surface area (Å²) in [4.78, 5) is 0. The predicted molar refractivity (Wildman–Crippen MR) is 130 cm³/mol. The number of rotatable bonds is 7. The molecule has 0 aliphatic carbocycles. The lowest BCUT2D eigenvalue weighted by Gasteiger charge is -2.08. The summed E-state index contributed by atoms with van der Waals surface area (Å²) < 4.78 is 11.7. The zero-order valence-electron chi connectivity index (χ0n) is 17.0. The monoisotopic (exact) mass is 422 g/mol. The second-order valence-electron chi connectivity index (χ2n) is 7.38. The Labute approximate surface area is 186 Å². The van der Waals surface area contributed by atoms with Crippen LogP contribution in [0.4, 0.5) is 5.82 Å². The number of fused-ring (bicyclic) bond motifs is 1. The Kier molecular flexibility index (Phi) is 5.63. The maximum Gasteiger partial charge on any atom is 0.147 e. The van der Waals surface area contributed by atoms with E-state index in [2.05, 4.69) is 82.5 Å². The molecule has 0 aliphatic rings. The molecule has 0 bridgehead atoms. The van der Waals surface area contributed by atoms with Crippen molar-refractivity contribution in [2.45, 2.75) is 13.2 Å². The van der Waals surface area contributed by atoms with Crippen LogP contribution in [0.15, 0.2) is 103 Å². The number of hydrogen-bond donors (Lipinski definition) is 1. The van der Waals surface area contributed by atoms with Gasteiger partial charge < -0.3 is 10.1 Å². The largest absolute Gasteiger partial charge is 0.489 e. The van der Waals surface area contributed by atoms with Crippen LogP contribution in [-0.2, 0) is 13.2 Å². The standard InChI is InChI=1S/C27H22N2OS/c1-3-7-21(8-4-1)19-30-24-15-16-26-25(17-24)27(29-31-26)28-18-20-11-13-23(14-12-20)22-9-5-2-6-10-22/h1-17H,18-19H2,(H,28,29). The number of anilines is 1. The highest BCUT2D eigenvalue weighted by atomic mass is 32.1. The molecule has 31 heavy (non-hydrogen) atoms. The molecule has 4 heteroatoms. The van der Waals surface area contributed by atoms with Crippen molar-refractivity contribution in [3.63, 3.8) is 0 Å². The predicted octanol–water partition coefficient (Wildman–Crippen LogP) is 7.15. The quantitative estimate of drug-likeness (QED) is 0.302. The van der Waals surface area contributed by atoms with Crippen LogP contribution in [0.2, 0.25) is 0 Å². The van der Waals surface area contributed by atoms with Gasteiger partial charge in [-0.1, -0.05) is 84.9 Å². The van der Waals surface area contributed by atoms with E-state index in [1.807, 2.05) is 30.3 Å². The summed E-state index contributed by atoms with van der Waals surface area (Å²) in [5.41, 5.74) is 4.83. The molecule has 0 aliphatic heterocycles. The summed E-state index contributed by atoms with van der Waals surface area (Å²) >= 11 is 1.50. The maximum absolute atomic E-state index is 5.99. The van der Waals surface area contributed by atoms with E-state index in [1.165, 1.54) is 28.2 Å². The normalized spacial score (nSPS) is 10.8. The van der Waals surface area contributed by atoms with Crippen LogP contribution in [0.3, 0.4) is 0 Å². The third-order valence-corrected chi connectivity index (χ3v) is 6.04. The minimum Gasteiger partial charge on any atom is -0.489 e. The van der Waals surface area contributed by atoms with Crippen molar-refractivity contribution >= 4 is 27.4 Å². The molecular formula is C27H22N2OS. The molecule has 4 aromatic carbocycles. The minimum atomic E-state index is 0.556. The molecule has 0 fully saturated rings. The van der Waals surface area contributed by atoms with Crippen molar-refractivity contribution < 1.29 is 4.74 Å². The maximum atomic E-state index is 5.99. The van der Waals surface area contributed by atoms with Gasteiger partial charge in [-0.3, -0.25) is 0 Å². The number of nitrogens with one attached hydrogen (secondary N) is 1. The lowest BCUT2D eigenvalue weighted by molar-refractivity contribution is 0.306. The van der Waals surface area contributed by atoms with Crippen molar-refractivity contribution in [1.82, 2.24) is 4.37 Å². The molecule has 0 amide bonds. The first-order chi connectivity index (χ1) is 15.3. The van der Waals surface area contributed by atoms with Crippen LogP contribution in [-0.4, -0.2) is 4.37 Å². The van der Waals surface area contributed by atoms with E-state index in [-0.39, 0.29) is 0 Å². The second kappa shape index (κ2) is 9.02. The average molecular weight is 423 g/mol. The van der Waals surface area contributed by atoms with Crippen molar-refractivity contribution in [3.8, 4) is 16.9 Å². The highest BCUT2D eigenvalue weighted by Crippen LogP contribution is 2.31. The summed E-state index contributed by atoms with van der Waals surface area (Å²) in [6.45, 7) is 1.28. The van der Waals surface area contributed by atoms with Crippen LogP contribution in [0.5, 0.6) is 5.75 Å². The molecule has 5 aromatic rings. The van der Waals surface area contributed by atoms with Crippen molar-refractivity contribution in [2.24, 2.45) is 0 Å². The fraction of sp³-hybridized carbons (Fsp3) is 0.0741. The molecule has 1 heterocycles. The summed E-state index contributed by atoms with van der Waals surface area (Å²) in [5.74, 6) is 1.75. The van der Waals surface area contributed by atoms with Crippen molar-refractivity contribution in [1.29, 1.82) is 0 Å². The summed E-state index contributed by atoms with van der Waals surface area (Å²) in [7, 11) is 0. The van der Waals surface area contributed by atoms with Gasteiger partial charge in [0.25, 0.3) is 0 Å². The molecule has 5 rings (SSSR count). The molecule has 3 nitrogen and oxygen atoms in total. The first kappa shape index (κ1) is 19.3. The molecule has 0 atom stereocenters. The van der Waals surface area contributed by atoms with Crippen LogP contribution < -0.4 is 10.1 Å². The Bertz CT molecular complexity index is 1270. The van der Waals surface area contributed by atoms with Crippen molar-refractivity contribution in [2.75, 3.05) is 5.32 Å². The highest BCUT2D eigenvalue weighted by molar-refractivity contribution is 7.13. The van der Waals surface area contributed by atoms with E-state index < -0.39 is 0 Å². The Hall–Kier alpha value is -3.63. The first-order valence-electron chi connectivity index (χ1n) is 10.3. The van der Waals surface area contributed by atoms with Gasteiger partial charge in [-0.2, -0.15) is 4.37 Å². The van der Waals surface area contributed by atoms with E-state index in [1.54, 1.807) is 0 Å². The molecule has 0 unspecified atom stereocenters. The van der Waals surface area contributed by atoms with E-state index in [9.17, 15) is 0 Å². The van der Waals surface area contributed by atoms with Gasteiger partial charge in [0.1, 0.15) is 18.2 Å². The van der Waals surface area contributed by atoms with Crippen LogP contribution in [0.25, 0.3) is 21.2 Å². The number of nitrogens with zero attached hydrogens (tertiary/aromatic N) is 1. The van der Waals surface area contributed by atoms with Crippen LogP contribution >= 0.6 is 11.5 Å². The molecule has 1 N–H and O–H groups in total. The Morgan fingerprint density at radius 2 is 1.42 bits per heavy atom. The molecule has 152 valence electrons. The third-order valence-electron chi connectivity index (χ3n) is 5.21. The van der Waals surface area contributed by atoms with Crippen molar-refractivity contribution in [3.05, 3.63) is 114 Å². The SMILES string of the molecule is c1ccc(COc2ccc3snc(NCc4ccc(-c5ccccc5)cc4)c3c2)cc1. The van der Waals surface area contributed by atoms with Gasteiger partial charge in [-0.05, 0) is 52.0 Å². The number of ether oxygens (including phenoxy) is 1. The molecule has 0 spiro atoms. The summed E-state index contributed by atoms with van der Waals surface area (Å²) in [6, 6.07) is 35.5. The molecule has 0 radical (unpaired) electrons. The van der Waals surface area contributed by atoms with E-state index in [0.29, 0.717) is 6.61 Å². The Balaban J connectivity index is 1.27. The number of hydrogen-bond acceptors (Lipinski definition) is 4.